The van der Waals surface area contributed by atoms with Gasteiger partial charge in [-0.05, 0) is 18.1 Å². The molecule has 1 unspecified atom stereocenters. The summed E-state index contributed by atoms with van der Waals surface area (Å²) in [6.07, 6.45) is -0.613. The van der Waals surface area contributed by atoms with E-state index in [0.717, 1.165) is 5.56 Å². The van der Waals surface area contributed by atoms with E-state index in [2.05, 4.69) is 36.5 Å². The second kappa shape index (κ2) is 8.46. The summed E-state index contributed by atoms with van der Waals surface area (Å²) in [5.41, 5.74) is 3.31. The van der Waals surface area contributed by atoms with Crippen molar-refractivity contribution in [3.8, 4) is 0 Å². The van der Waals surface area contributed by atoms with Crippen molar-refractivity contribution in [2.24, 2.45) is 0 Å². The van der Waals surface area contributed by atoms with Crippen molar-refractivity contribution in [1.82, 2.24) is 5.32 Å². The van der Waals surface area contributed by atoms with Gasteiger partial charge in [0.15, 0.2) is 0 Å². The summed E-state index contributed by atoms with van der Waals surface area (Å²) in [5, 5.41) is 13.0. The lowest BCUT2D eigenvalue weighted by molar-refractivity contribution is 0.137. The second-order valence-electron chi connectivity index (χ2n) is 4.18. The Hall–Kier alpha value is -1.64. The van der Waals surface area contributed by atoms with Crippen molar-refractivity contribution in [2.75, 3.05) is 0 Å². The van der Waals surface area contributed by atoms with Gasteiger partial charge in [-0.15, -0.1) is 0 Å². The molecule has 19 heavy (non-hydrogen) atoms. The van der Waals surface area contributed by atoms with Crippen LogP contribution in [-0.4, -0.2) is 5.11 Å². The number of aryl methyl sites for hydroxylation is 1. The first kappa shape index (κ1) is 15.4. The summed E-state index contributed by atoms with van der Waals surface area (Å²) in [7, 11) is 0. The van der Waals surface area contributed by atoms with Gasteiger partial charge < -0.3 is 5.11 Å². The van der Waals surface area contributed by atoms with Crippen LogP contribution in [0.4, 0.5) is 0 Å². The number of hydrogen-bond donors (Lipinski definition) is 2. The highest BCUT2D eigenvalue weighted by atomic mass is 16.3. The van der Waals surface area contributed by atoms with E-state index in [0.29, 0.717) is 6.54 Å². The molecular weight excluding hydrogens is 234 g/mol. The van der Waals surface area contributed by atoms with Gasteiger partial charge in [0.2, 0.25) is 0 Å². The fourth-order valence-electron chi connectivity index (χ4n) is 1.67. The average Bonchev–Trinajstić information content (AvgIpc) is 2.49. The summed E-state index contributed by atoms with van der Waals surface area (Å²) in [5.74, 6) is 0. The van der Waals surface area contributed by atoms with Crippen LogP contribution in [-0.2, 0) is 6.54 Å². The van der Waals surface area contributed by atoms with Crippen molar-refractivity contribution >= 4 is 0 Å². The van der Waals surface area contributed by atoms with Crippen LogP contribution in [0.1, 0.15) is 36.8 Å². The highest BCUT2D eigenvalue weighted by Gasteiger charge is 2.04. The summed E-state index contributed by atoms with van der Waals surface area (Å²) >= 11 is 0. The van der Waals surface area contributed by atoms with E-state index in [4.69, 9.17) is 0 Å². The summed E-state index contributed by atoms with van der Waals surface area (Å²) in [6.45, 7) is 6.73. The maximum absolute atomic E-state index is 9.93. The Bertz CT molecular complexity index is 450. The lowest BCUT2D eigenvalue weighted by Crippen LogP contribution is -2.20. The van der Waals surface area contributed by atoms with Crippen molar-refractivity contribution in [3.63, 3.8) is 0 Å². The van der Waals surface area contributed by atoms with Gasteiger partial charge in [0, 0.05) is 6.54 Å². The Balaban J connectivity index is 0.000000861. The third kappa shape index (κ3) is 5.25. The lowest BCUT2D eigenvalue weighted by atomic mass is 10.1. The Morgan fingerprint density at radius 3 is 2.11 bits per heavy atom. The van der Waals surface area contributed by atoms with E-state index >= 15 is 0 Å². The number of rotatable bonds is 4. The lowest BCUT2D eigenvalue weighted by Gasteiger charge is -2.13. The molecule has 2 aromatic carbocycles. The van der Waals surface area contributed by atoms with E-state index in [9.17, 15) is 5.11 Å². The predicted molar refractivity (Wildman–Crippen MR) is 80.8 cm³/mol. The maximum atomic E-state index is 9.93. The van der Waals surface area contributed by atoms with E-state index in [1.807, 2.05) is 44.2 Å². The van der Waals surface area contributed by atoms with Gasteiger partial charge in [0.1, 0.15) is 6.23 Å². The number of aliphatic hydroxyl groups is 1. The molecule has 0 aromatic heterocycles. The topological polar surface area (TPSA) is 32.3 Å². The molecule has 0 aliphatic rings. The Labute approximate surface area is 116 Å². The first-order valence-electron chi connectivity index (χ1n) is 6.77. The standard InChI is InChI=1S/C15H17NO.C2H6/c1-12-7-9-13(10-8-12)11-16-15(17)14-5-3-2-4-6-14;1-2/h2-10,15-17H,11H2,1H3;1-2H3. The van der Waals surface area contributed by atoms with Crippen LogP contribution in [0.25, 0.3) is 0 Å². The highest BCUT2D eigenvalue weighted by Crippen LogP contribution is 2.10. The molecule has 0 saturated heterocycles. The third-order valence-electron chi connectivity index (χ3n) is 2.74. The molecule has 2 heteroatoms. The van der Waals surface area contributed by atoms with Gasteiger partial charge in [0.05, 0.1) is 0 Å². The summed E-state index contributed by atoms with van der Waals surface area (Å²) < 4.78 is 0. The van der Waals surface area contributed by atoms with Crippen LogP contribution < -0.4 is 5.32 Å². The zero-order valence-corrected chi connectivity index (χ0v) is 11.9. The second-order valence-corrected chi connectivity index (χ2v) is 4.18. The minimum atomic E-state index is -0.613. The normalized spacial score (nSPS) is 11.4. The molecule has 0 radical (unpaired) electrons. The average molecular weight is 257 g/mol. The van der Waals surface area contributed by atoms with E-state index in [-0.39, 0.29) is 0 Å². The fraction of sp³-hybridized carbons (Fsp3) is 0.294. The molecular formula is C17H23NO. The molecule has 2 N–H and O–H groups in total. The van der Waals surface area contributed by atoms with Gasteiger partial charge in [-0.25, -0.2) is 0 Å². The molecule has 0 bridgehead atoms. The zero-order chi connectivity index (χ0) is 14.1. The number of nitrogens with one attached hydrogen (secondary N) is 1. The number of hydrogen-bond acceptors (Lipinski definition) is 2. The van der Waals surface area contributed by atoms with E-state index < -0.39 is 6.23 Å². The molecule has 2 nitrogen and oxygen atoms in total. The zero-order valence-electron chi connectivity index (χ0n) is 11.9. The van der Waals surface area contributed by atoms with E-state index in [1.54, 1.807) is 0 Å². The molecule has 0 aliphatic carbocycles. The predicted octanol–water partition coefficient (Wildman–Crippen LogP) is 3.80. The number of aliphatic hydroxyl groups excluding tert-OH is 1. The molecule has 102 valence electrons. The van der Waals surface area contributed by atoms with Crippen LogP contribution in [0, 0.1) is 6.92 Å². The van der Waals surface area contributed by atoms with Crippen LogP contribution in [0.5, 0.6) is 0 Å². The first-order valence-corrected chi connectivity index (χ1v) is 6.77. The molecule has 0 fully saturated rings. The first-order chi connectivity index (χ1) is 9.25. The Morgan fingerprint density at radius 1 is 0.947 bits per heavy atom. The minimum Gasteiger partial charge on any atom is -0.374 e. The van der Waals surface area contributed by atoms with Crippen LogP contribution >= 0.6 is 0 Å². The van der Waals surface area contributed by atoms with Gasteiger partial charge >= 0.3 is 0 Å². The molecule has 1 atom stereocenters. The maximum Gasteiger partial charge on any atom is 0.131 e. The molecule has 0 heterocycles. The van der Waals surface area contributed by atoms with Crippen molar-refractivity contribution in [2.45, 2.75) is 33.5 Å². The van der Waals surface area contributed by atoms with Gasteiger partial charge in [-0.3, -0.25) is 5.32 Å². The van der Waals surface area contributed by atoms with Crippen molar-refractivity contribution < 1.29 is 5.11 Å². The van der Waals surface area contributed by atoms with Crippen LogP contribution in [0.2, 0.25) is 0 Å². The minimum absolute atomic E-state index is 0.613. The molecule has 0 spiro atoms. The van der Waals surface area contributed by atoms with Gasteiger partial charge in [-0.2, -0.15) is 0 Å². The van der Waals surface area contributed by atoms with Crippen LogP contribution in [0.3, 0.4) is 0 Å². The highest BCUT2D eigenvalue weighted by molar-refractivity contribution is 5.22. The monoisotopic (exact) mass is 257 g/mol. The quantitative estimate of drug-likeness (QED) is 0.816. The molecule has 2 rings (SSSR count). The molecule has 2 aromatic rings. The van der Waals surface area contributed by atoms with Crippen molar-refractivity contribution in [3.05, 3.63) is 71.3 Å². The van der Waals surface area contributed by atoms with Crippen molar-refractivity contribution in [1.29, 1.82) is 0 Å². The third-order valence-corrected chi connectivity index (χ3v) is 2.74. The molecule has 0 amide bonds. The summed E-state index contributed by atoms with van der Waals surface area (Å²) in [4.78, 5) is 0. The van der Waals surface area contributed by atoms with Crippen LogP contribution in [0.15, 0.2) is 54.6 Å². The smallest absolute Gasteiger partial charge is 0.131 e. The van der Waals surface area contributed by atoms with Gasteiger partial charge in [0.25, 0.3) is 0 Å². The van der Waals surface area contributed by atoms with E-state index in [1.165, 1.54) is 11.1 Å². The largest absolute Gasteiger partial charge is 0.374 e. The number of benzene rings is 2. The SMILES string of the molecule is CC.Cc1ccc(CNC(O)c2ccccc2)cc1. The fourth-order valence-corrected chi connectivity index (χ4v) is 1.67. The summed E-state index contributed by atoms with van der Waals surface area (Å²) in [6, 6.07) is 17.9. The van der Waals surface area contributed by atoms with Gasteiger partial charge in [-0.1, -0.05) is 74.0 Å². The Morgan fingerprint density at radius 2 is 1.53 bits per heavy atom. The molecule has 0 aliphatic heterocycles. The molecule has 0 saturated carbocycles. The Kier molecular flexibility index (Phi) is 6.86.